The Morgan fingerprint density at radius 3 is 1.94 bits per heavy atom. The molecule has 12 atom stereocenters. The van der Waals surface area contributed by atoms with Crippen molar-refractivity contribution in [3.63, 3.8) is 0 Å². The molecule has 2 aromatic rings. The maximum absolute atomic E-state index is 14.9. The summed E-state index contributed by atoms with van der Waals surface area (Å²) in [4.78, 5) is 151. The maximum atomic E-state index is 14.9. The number of likely N-dealkylation sites (N-methyl/N-ethyl adjacent to an activating group) is 2. The molecule has 7 N–H and O–H groups in total. The van der Waals surface area contributed by atoms with Crippen LogP contribution >= 0.6 is 0 Å². The second-order valence-electron chi connectivity index (χ2n) is 26.6. The molecule has 1 aliphatic heterocycles. The topological polar surface area (TPSA) is 329 Å². The Hall–Kier alpha value is -7.57. The van der Waals surface area contributed by atoms with Crippen molar-refractivity contribution in [3.8, 4) is 0 Å². The second-order valence-corrected chi connectivity index (χ2v) is 26.6. The predicted molar refractivity (Wildman–Crippen MR) is 365 cm³/mol. The van der Waals surface area contributed by atoms with E-state index in [4.69, 9.17) is 19.9 Å². The van der Waals surface area contributed by atoms with Crippen molar-refractivity contribution in [3.05, 3.63) is 77.9 Å². The number of primary amides is 1. The number of aliphatic hydroxyl groups is 1. The summed E-state index contributed by atoms with van der Waals surface area (Å²) in [5, 5.41) is 22.1. The van der Waals surface area contributed by atoms with Crippen LogP contribution in [0.4, 0.5) is 15.3 Å². The van der Waals surface area contributed by atoms with Crippen molar-refractivity contribution in [1.82, 2.24) is 30.7 Å². The highest BCUT2D eigenvalue weighted by Crippen LogP contribution is 2.32. The number of hydrogen-bond donors (Lipinski definition) is 6. The summed E-state index contributed by atoms with van der Waals surface area (Å²) < 4.78 is 22.3. The molecule has 24 heteroatoms. The number of methoxy groups -OCH3 is 3. The summed E-state index contributed by atoms with van der Waals surface area (Å²) in [6.45, 7) is 18.8. The van der Waals surface area contributed by atoms with Crippen LogP contribution in [0.2, 0.25) is 0 Å². The molecule has 0 spiro atoms. The van der Waals surface area contributed by atoms with Gasteiger partial charge in [-0.3, -0.25) is 38.4 Å². The van der Waals surface area contributed by atoms with E-state index in [1.54, 1.807) is 80.9 Å². The van der Waals surface area contributed by atoms with Crippen LogP contribution in [0.3, 0.4) is 0 Å². The molecule has 1 saturated heterocycles. The minimum absolute atomic E-state index is 0.0703. The van der Waals surface area contributed by atoms with Crippen LogP contribution in [0.5, 0.6) is 0 Å². The molecule has 1 heterocycles. The molecular formula is C72H112N8O16. The quantitative estimate of drug-likeness (QED) is 0.0206. The number of likely N-dealkylation sites (tertiary alicyclic amines) is 1. The Morgan fingerprint density at radius 1 is 0.719 bits per heavy atom. The average molecular weight is 1350 g/mol. The van der Waals surface area contributed by atoms with Crippen LogP contribution in [0.25, 0.3) is 0 Å². The number of hydrogen-bond acceptors (Lipinski definition) is 16. The molecule has 536 valence electrons. The van der Waals surface area contributed by atoms with E-state index in [1.807, 2.05) is 59.7 Å². The number of amides is 8. The average Bonchev–Trinajstić information content (AvgIpc) is 1.34. The third kappa shape index (κ3) is 26.4. The van der Waals surface area contributed by atoms with Crippen LogP contribution in [0, 0.1) is 41.4 Å². The Kier molecular flexibility index (Phi) is 36.3. The monoisotopic (exact) mass is 1340 g/mol. The van der Waals surface area contributed by atoms with Gasteiger partial charge in [0.1, 0.15) is 6.61 Å². The van der Waals surface area contributed by atoms with E-state index in [9.17, 15) is 57.8 Å². The molecule has 96 heavy (non-hydrogen) atoms. The Balaban J connectivity index is 1.67. The number of allylic oxidation sites excluding steroid dienone is 1. The number of ketones is 3. The van der Waals surface area contributed by atoms with E-state index >= 15 is 0 Å². The van der Waals surface area contributed by atoms with Gasteiger partial charge in [-0.2, -0.15) is 0 Å². The highest BCUT2D eigenvalue weighted by molar-refractivity contribution is 5.98. The molecule has 1 fully saturated rings. The van der Waals surface area contributed by atoms with Crippen molar-refractivity contribution in [2.75, 3.05) is 53.8 Å². The van der Waals surface area contributed by atoms with Gasteiger partial charge in [-0.15, -0.1) is 0 Å². The van der Waals surface area contributed by atoms with Gasteiger partial charge in [-0.05, 0) is 98.5 Å². The van der Waals surface area contributed by atoms with E-state index < -0.39 is 90.3 Å². The molecule has 0 aromatic heterocycles. The minimum atomic E-state index is -0.971. The SMILES string of the molecule is CC[C@H](C)[C@@H]([C@@H](CC(=O)N1CCC[C@H]1[C@H](OC)[C@@H](C)C(=O)N[C@H](C)[C@@H](O)c1ccccc1)OC)N(C)C(=O)[C@@H](CC(=O)[C@H](C(C)C)N(C)C(=O)OCc1ccc(NC(=O)[C@H](CCCNC(N)=O)CC(=O)[C@@H](NC(=O)CCCCCCC(=O)/C=C/C(=O)OC)C(C)C)cc1)C(C)C. The third-order valence-electron chi connectivity index (χ3n) is 18.4. The number of esters is 1. The van der Waals surface area contributed by atoms with Crippen molar-refractivity contribution in [1.29, 1.82) is 0 Å². The largest absolute Gasteiger partial charge is 0.466 e. The van der Waals surface area contributed by atoms with Crippen molar-refractivity contribution in [2.24, 2.45) is 47.2 Å². The first-order valence-corrected chi connectivity index (χ1v) is 34.0. The molecule has 0 aliphatic carbocycles. The van der Waals surface area contributed by atoms with Gasteiger partial charge < -0.3 is 65.8 Å². The summed E-state index contributed by atoms with van der Waals surface area (Å²) in [6, 6.07) is 11.4. The molecule has 8 amide bonds. The highest BCUT2D eigenvalue weighted by atomic mass is 16.6. The zero-order valence-electron chi connectivity index (χ0n) is 59.5. The van der Waals surface area contributed by atoms with Crippen molar-refractivity contribution >= 4 is 70.7 Å². The number of urea groups is 1. The Bertz CT molecular complexity index is 2870. The number of nitrogens with one attached hydrogen (secondary N) is 4. The highest BCUT2D eigenvalue weighted by Gasteiger charge is 2.44. The first-order valence-electron chi connectivity index (χ1n) is 34.0. The van der Waals surface area contributed by atoms with Crippen molar-refractivity contribution in [2.45, 2.75) is 214 Å². The molecule has 24 nitrogen and oxygen atoms in total. The minimum Gasteiger partial charge on any atom is -0.466 e. The number of Topliss-reactive ketones (excluding diaryl/α,β-unsaturated/α-hetero) is 2. The van der Waals surface area contributed by atoms with E-state index in [2.05, 4.69) is 26.0 Å². The van der Waals surface area contributed by atoms with Crippen LogP contribution in [-0.2, 0) is 68.7 Å². The van der Waals surface area contributed by atoms with Crippen LogP contribution in [0.1, 0.15) is 176 Å². The van der Waals surface area contributed by atoms with Gasteiger partial charge in [0.15, 0.2) is 17.3 Å². The number of nitrogens with two attached hydrogens (primary N) is 1. The number of rotatable bonds is 43. The van der Waals surface area contributed by atoms with Gasteiger partial charge in [-0.1, -0.05) is 124 Å². The normalized spacial score (nSPS) is 16.6. The number of carbonyl (C=O) groups is 11. The van der Waals surface area contributed by atoms with E-state index in [1.165, 1.54) is 39.4 Å². The molecule has 3 rings (SSSR count). The number of ether oxygens (including phenoxy) is 4. The fraction of sp³-hybridized carbons (Fsp3) is 0.653. The molecular weight excluding hydrogens is 1230 g/mol. The lowest BCUT2D eigenvalue weighted by Crippen LogP contribution is -2.55. The lowest BCUT2D eigenvalue weighted by Gasteiger charge is -2.41. The molecule has 0 unspecified atom stereocenters. The Labute approximate surface area is 569 Å². The fourth-order valence-corrected chi connectivity index (χ4v) is 12.6. The molecule has 1 aliphatic rings. The summed E-state index contributed by atoms with van der Waals surface area (Å²) in [5.41, 5.74) is 6.88. The number of anilines is 1. The van der Waals surface area contributed by atoms with Gasteiger partial charge in [0.2, 0.25) is 29.5 Å². The number of benzene rings is 2. The van der Waals surface area contributed by atoms with E-state index in [0.717, 1.165) is 6.08 Å². The van der Waals surface area contributed by atoms with Gasteiger partial charge in [0, 0.05) is 90.7 Å². The standard InChI is InChI=1S/C72H112N8O16/c1-16-47(8)65(59(93-13)42-61(85)80-39-25-30-56(80)67(95-15)48(9)68(88)75-49(10)66(87)51-26-20-19-21-27-51)78(11)70(90)55(44(2)3)41-58(83)64(46(6)7)79(12)72(92)96-43-50-32-34-53(35-33-50)76-69(89)52(28-24-38-74-71(73)91)40-57(82)63(45(4)5)77-60(84)31-23-18-17-22-29-54(81)36-37-62(86)94-14/h19-21,26-27,32-37,44-49,52,55-56,59,63-67,87H,16-18,22-25,28-31,38-43H2,1-15H3,(H,75,88)(H,76,89)(H,77,84)(H3,73,74,91)/b37-36+/t47-,48+,49+,52+,55-,56-,59+,63-,64-,65-,66+,67+/m0/s1. The van der Waals surface area contributed by atoms with Gasteiger partial charge in [-0.25, -0.2) is 14.4 Å². The van der Waals surface area contributed by atoms with Crippen LogP contribution in [-0.4, -0.2) is 176 Å². The predicted octanol–water partition coefficient (Wildman–Crippen LogP) is 8.41. The third-order valence-corrected chi connectivity index (χ3v) is 18.4. The molecule has 2 aromatic carbocycles. The second kappa shape index (κ2) is 42.2. The molecule has 0 bridgehead atoms. The zero-order chi connectivity index (χ0) is 71.9. The number of unbranched alkanes of at least 4 members (excludes halogenated alkanes) is 3. The van der Waals surface area contributed by atoms with Gasteiger partial charge in [0.05, 0.1) is 68.0 Å². The van der Waals surface area contributed by atoms with Crippen molar-refractivity contribution < 1.29 is 76.8 Å². The zero-order valence-corrected chi connectivity index (χ0v) is 59.5. The van der Waals surface area contributed by atoms with Gasteiger partial charge in [0.25, 0.3) is 0 Å². The van der Waals surface area contributed by atoms with Crippen LogP contribution < -0.4 is 27.0 Å². The maximum Gasteiger partial charge on any atom is 0.410 e. The van der Waals surface area contributed by atoms with Gasteiger partial charge >= 0.3 is 18.1 Å². The number of carbonyl (C=O) groups excluding carboxylic acids is 11. The Morgan fingerprint density at radius 2 is 1.36 bits per heavy atom. The first-order chi connectivity index (χ1) is 45.4. The fourth-order valence-electron chi connectivity index (χ4n) is 12.6. The number of aliphatic hydroxyl groups excluding tert-OH is 1. The number of nitrogens with zero attached hydrogens (tertiary/aromatic N) is 3. The van der Waals surface area contributed by atoms with E-state index in [-0.39, 0.29) is 116 Å². The first kappa shape index (κ1) is 82.7. The van der Waals surface area contributed by atoms with Crippen LogP contribution in [0.15, 0.2) is 66.7 Å². The lowest BCUT2D eigenvalue weighted by molar-refractivity contribution is -0.149. The summed E-state index contributed by atoms with van der Waals surface area (Å²) >= 11 is 0. The summed E-state index contributed by atoms with van der Waals surface area (Å²) in [7, 11) is 7.42. The lowest BCUT2D eigenvalue weighted by atomic mass is 9.83. The molecule has 0 radical (unpaired) electrons. The van der Waals surface area contributed by atoms with E-state index in [0.29, 0.717) is 74.7 Å². The smallest absolute Gasteiger partial charge is 0.410 e. The summed E-state index contributed by atoms with van der Waals surface area (Å²) in [5.74, 6) is -6.61. The summed E-state index contributed by atoms with van der Waals surface area (Å²) in [6.07, 6.45) is 3.99. The molecule has 0 saturated carbocycles.